The van der Waals surface area contributed by atoms with E-state index in [2.05, 4.69) is 20.6 Å². The van der Waals surface area contributed by atoms with Gasteiger partial charge < -0.3 is 10.6 Å². The molecule has 1 aromatic carbocycles. The molecular weight excluding hydrogens is 260 g/mol. The van der Waals surface area contributed by atoms with Crippen molar-refractivity contribution in [3.05, 3.63) is 47.2 Å². The Morgan fingerprint density at radius 1 is 1.05 bits per heavy atom. The predicted octanol–water partition coefficient (Wildman–Crippen LogP) is 3.22. The van der Waals surface area contributed by atoms with Gasteiger partial charge in [0.15, 0.2) is 0 Å². The van der Waals surface area contributed by atoms with Gasteiger partial charge in [-0.3, -0.25) is 0 Å². The Bertz CT molecular complexity index is 513. The van der Waals surface area contributed by atoms with Crippen LogP contribution in [0, 0.1) is 0 Å². The van der Waals surface area contributed by atoms with Gasteiger partial charge in [0.2, 0.25) is 0 Å². The maximum Gasteiger partial charge on any atom is 0.131 e. The zero-order valence-corrected chi connectivity index (χ0v) is 11.6. The number of nitrogens with zero attached hydrogens (tertiary/aromatic N) is 2. The molecular formula is C14H17ClN4. The number of hydrogen-bond donors (Lipinski definition) is 2. The Morgan fingerprint density at radius 2 is 1.74 bits per heavy atom. The van der Waals surface area contributed by atoms with Crippen molar-refractivity contribution in [2.24, 2.45) is 0 Å². The minimum absolute atomic E-state index is 0.766. The summed E-state index contributed by atoms with van der Waals surface area (Å²) >= 11 is 5.85. The Hall–Kier alpha value is -1.81. The van der Waals surface area contributed by atoms with Crippen LogP contribution in [0.4, 0.5) is 11.6 Å². The summed E-state index contributed by atoms with van der Waals surface area (Å²) in [4.78, 5) is 8.31. The van der Waals surface area contributed by atoms with Crippen LogP contribution < -0.4 is 10.6 Å². The molecule has 0 aliphatic heterocycles. The molecule has 2 N–H and O–H groups in total. The Kier molecular flexibility index (Phi) is 4.98. The Balaban J connectivity index is 1.85. The van der Waals surface area contributed by atoms with Crippen LogP contribution in [0.3, 0.4) is 0 Å². The number of aromatic nitrogens is 2. The molecule has 19 heavy (non-hydrogen) atoms. The van der Waals surface area contributed by atoms with E-state index in [9.17, 15) is 0 Å². The third-order valence-corrected chi connectivity index (χ3v) is 2.91. The van der Waals surface area contributed by atoms with Gasteiger partial charge in [-0.1, -0.05) is 23.7 Å². The van der Waals surface area contributed by atoms with Crippen molar-refractivity contribution in [1.29, 1.82) is 0 Å². The minimum atomic E-state index is 0.766. The molecule has 0 atom stereocenters. The van der Waals surface area contributed by atoms with E-state index in [1.807, 2.05) is 37.3 Å². The lowest BCUT2D eigenvalue weighted by Crippen LogP contribution is -2.07. The second-order valence-electron chi connectivity index (χ2n) is 4.12. The fourth-order valence-corrected chi connectivity index (χ4v) is 1.84. The molecule has 1 aromatic heterocycles. The van der Waals surface area contributed by atoms with Crippen LogP contribution >= 0.6 is 11.6 Å². The van der Waals surface area contributed by atoms with Gasteiger partial charge in [0.05, 0.1) is 0 Å². The second-order valence-corrected chi connectivity index (χ2v) is 4.56. The summed E-state index contributed by atoms with van der Waals surface area (Å²) in [6.45, 7) is 3.71. The van der Waals surface area contributed by atoms with Gasteiger partial charge in [-0.2, -0.15) is 0 Å². The molecule has 2 aromatic rings. The van der Waals surface area contributed by atoms with Crippen LogP contribution in [0.25, 0.3) is 0 Å². The smallest absolute Gasteiger partial charge is 0.131 e. The maximum atomic E-state index is 5.85. The van der Waals surface area contributed by atoms with Crippen molar-refractivity contribution >= 4 is 23.2 Å². The fourth-order valence-electron chi connectivity index (χ4n) is 1.72. The van der Waals surface area contributed by atoms with Gasteiger partial charge in [-0.05, 0) is 31.0 Å². The lowest BCUT2D eigenvalue weighted by Gasteiger charge is -2.07. The lowest BCUT2D eigenvalue weighted by molar-refractivity contribution is 0.997. The highest BCUT2D eigenvalue weighted by molar-refractivity contribution is 6.30. The molecule has 0 bridgehead atoms. The van der Waals surface area contributed by atoms with Crippen LogP contribution in [-0.4, -0.2) is 23.1 Å². The first-order chi connectivity index (χ1) is 9.28. The van der Waals surface area contributed by atoms with E-state index >= 15 is 0 Å². The molecule has 0 spiro atoms. The van der Waals surface area contributed by atoms with Crippen molar-refractivity contribution in [1.82, 2.24) is 9.97 Å². The standard InChI is InChI=1S/C14H17ClN4/c1-2-16-13-9-14(19-10-18-13)17-8-7-11-3-5-12(15)6-4-11/h3-6,9-10H,2,7-8H2,1H3,(H2,16,17,18,19). The van der Waals surface area contributed by atoms with E-state index in [4.69, 9.17) is 11.6 Å². The summed E-state index contributed by atoms with van der Waals surface area (Å²) in [7, 11) is 0. The van der Waals surface area contributed by atoms with Gasteiger partial charge >= 0.3 is 0 Å². The molecule has 2 rings (SSSR count). The quantitative estimate of drug-likeness (QED) is 0.851. The van der Waals surface area contributed by atoms with Crippen LogP contribution in [0.15, 0.2) is 36.7 Å². The summed E-state index contributed by atoms with van der Waals surface area (Å²) < 4.78 is 0. The first-order valence-electron chi connectivity index (χ1n) is 6.32. The van der Waals surface area contributed by atoms with E-state index < -0.39 is 0 Å². The monoisotopic (exact) mass is 276 g/mol. The number of rotatable bonds is 6. The van der Waals surface area contributed by atoms with Crippen LogP contribution in [0.1, 0.15) is 12.5 Å². The van der Waals surface area contributed by atoms with Gasteiger partial charge in [0.1, 0.15) is 18.0 Å². The highest BCUT2D eigenvalue weighted by Crippen LogP contribution is 2.11. The number of hydrogen-bond acceptors (Lipinski definition) is 4. The summed E-state index contributed by atoms with van der Waals surface area (Å²) in [6.07, 6.45) is 2.49. The van der Waals surface area contributed by atoms with E-state index in [1.54, 1.807) is 6.33 Å². The number of halogens is 1. The third-order valence-electron chi connectivity index (χ3n) is 2.66. The van der Waals surface area contributed by atoms with E-state index in [0.29, 0.717) is 0 Å². The van der Waals surface area contributed by atoms with Crippen LogP contribution in [0.5, 0.6) is 0 Å². The fraction of sp³-hybridized carbons (Fsp3) is 0.286. The molecule has 0 unspecified atom stereocenters. The molecule has 0 aliphatic rings. The van der Waals surface area contributed by atoms with Crippen molar-refractivity contribution in [3.63, 3.8) is 0 Å². The molecule has 0 aliphatic carbocycles. The Morgan fingerprint density at radius 3 is 2.42 bits per heavy atom. The topological polar surface area (TPSA) is 49.8 Å². The lowest BCUT2D eigenvalue weighted by atomic mass is 10.1. The largest absolute Gasteiger partial charge is 0.370 e. The van der Waals surface area contributed by atoms with Crippen LogP contribution in [-0.2, 0) is 6.42 Å². The van der Waals surface area contributed by atoms with Crippen LogP contribution in [0.2, 0.25) is 5.02 Å². The molecule has 0 radical (unpaired) electrons. The van der Waals surface area contributed by atoms with E-state index in [-0.39, 0.29) is 0 Å². The van der Waals surface area contributed by atoms with Gasteiger partial charge in [0, 0.05) is 24.2 Å². The average molecular weight is 277 g/mol. The first kappa shape index (κ1) is 13.6. The van der Waals surface area contributed by atoms with Gasteiger partial charge in [0.25, 0.3) is 0 Å². The number of benzene rings is 1. The van der Waals surface area contributed by atoms with Crippen molar-refractivity contribution in [3.8, 4) is 0 Å². The van der Waals surface area contributed by atoms with Crippen molar-refractivity contribution < 1.29 is 0 Å². The van der Waals surface area contributed by atoms with Gasteiger partial charge in [-0.25, -0.2) is 9.97 Å². The van der Waals surface area contributed by atoms with Gasteiger partial charge in [-0.15, -0.1) is 0 Å². The maximum absolute atomic E-state index is 5.85. The first-order valence-corrected chi connectivity index (χ1v) is 6.70. The third kappa shape index (κ3) is 4.41. The number of nitrogens with one attached hydrogen (secondary N) is 2. The zero-order chi connectivity index (χ0) is 13.5. The SMILES string of the molecule is CCNc1cc(NCCc2ccc(Cl)cc2)ncn1. The normalized spacial score (nSPS) is 10.2. The highest BCUT2D eigenvalue weighted by Gasteiger charge is 1.98. The molecule has 1 heterocycles. The number of anilines is 2. The molecule has 0 fully saturated rings. The minimum Gasteiger partial charge on any atom is -0.370 e. The molecule has 0 saturated carbocycles. The highest BCUT2D eigenvalue weighted by atomic mass is 35.5. The summed E-state index contributed by atoms with van der Waals surface area (Å²) in [5.74, 6) is 1.67. The Labute approximate surface area is 118 Å². The second kappa shape index (κ2) is 6.95. The van der Waals surface area contributed by atoms with E-state index in [0.717, 1.165) is 36.2 Å². The molecule has 100 valence electrons. The van der Waals surface area contributed by atoms with E-state index in [1.165, 1.54) is 5.56 Å². The molecule has 4 nitrogen and oxygen atoms in total. The summed E-state index contributed by atoms with van der Waals surface area (Å²) in [6, 6.07) is 9.79. The molecule has 0 saturated heterocycles. The average Bonchev–Trinajstić information content (AvgIpc) is 2.42. The predicted molar refractivity (Wildman–Crippen MR) is 79.8 cm³/mol. The van der Waals surface area contributed by atoms with Crippen molar-refractivity contribution in [2.75, 3.05) is 23.7 Å². The molecule has 0 amide bonds. The van der Waals surface area contributed by atoms with Crippen molar-refractivity contribution in [2.45, 2.75) is 13.3 Å². The zero-order valence-electron chi connectivity index (χ0n) is 10.9. The summed E-state index contributed by atoms with van der Waals surface area (Å²) in [5.41, 5.74) is 1.25. The molecule has 5 heteroatoms. The summed E-state index contributed by atoms with van der Waals surface area (Å²) in [5, 5.41) is 7.21.